The molecule has 0 aliphatic carbocycles. The molecule has 0 amide bonds. The molecule has 0 aromatic heterocycles. The van der Waals surface area contributed by atoms with Gasteiger partial charge in [-0.05, 0) is 37.0 Å². The van der Waals surface area contributed by atoms with E-state index < -0.39 is 14.7 Å². The molecule has 1 aromatic carbocycles. The number of unbranched alkanes of at least 4 members (excludes halogenated alkanes) is 9. The van der Waals surface area contributed by atoms with Crippen LogP contribution in [0.2, 0.25) is 0 Å². The van der Waals surface area contributed by atoms with Crippen molar-refractivity contribution in [3.05, 3.63) is 29.8 Å². The molecule has 2 unspecified atom stereocenters. The lowest BCUT2D eigenvalue weighted by molar-refractivity contribution is -0.627. The van der Waals surface area contributed by atoms with E-state index in [9.17, 15) is 9.69 Å². The predicted molar refractivity (Wildman–Crippen MR) is 141 cm³/mol. The van der Waals surface area contributed by atoms with Crippen LogP contribution in [0.4, 0.5) is 0 Å². The lowest BCUT2D eigenvalue weighted by atomic mass is 10.1. The standard InChI is InChI=1S/C27H48NO6P/c1-4-5-6-7-8-9-10-11-12-13-20-31-26-16-14-15-25(22-26)17-18-27(34-24(2)29)23-33-35(30)32-21-19-28-3/h14-16,22,27-28,30H,4-13,17-21,23H2,1-3H3/p+1. The highest BCUT2D eigenvalue weighted by atomic mass is 31.2. The number of carbonyl (C=O) groups excluding carboxylic acids is 1. The third-order valence-corrected chi connectivity index (χ3v) is 6.51. The molecule has 0 saturated heterocycles. The first-order chi connectivity index (χ1) is 17.0. The van der Waals surface area contributed by atoms with Crippen LogP contribution < -0.4 is 10.1 Å². The number of ether oxygens (including phenoxy) is 2. The van der Waals surface area contributed by atoms with E-state index in [1.807, 2.05) is 36.6 Å². The summed E-state index contributed by atoms with van der Waals surface area (Å²) in [4.78, 5) is 21.3. The summed E-state index contributed by atoms with van der Waals surface area (Å²) < 4.78 is 21.9. The van der Waals surface area contributed by atoms with Crippen LogP contribution in [0.15, 0.2) is 24.3 Å². The highest BCUT2D eigenvalue weighted by Crippen LogP contribution is 2.32. The monoisotopic (exact) mass is 514 g/mol. The Labute approximate surface area is 214 Å². The van der Waals surface area contributed by atoms with Crippen molar-refractivity contribution in [2.24, 2.45) is 0 Å². The molecular weight excluding hydrogens is 465 g/mol. The average Bonchev–Trinajstić information content (AvgIpc) is 2.84. The summed E-state index contributed by atoms with van der Waals surface area (Å²) in [6.45, 7) is 5.63. The third kappa shape index (κ3) is 18.7. The van der Waals surface area contributed by atoms with Crippen LogP contribution in [0.5, 0.6) is 5.75 Å². The average molecular weight is 515 g/mol. The summed E-state index contributed by atoms with van der Waals surface area (Å²) in [5.74, 6) is 0.509. The van der Waals surface area contributed by atoms with Gasteiger partial charge in [-0.2, -0.15) is 0 Å². The minimum absolute atomic E-state index is 0.104. The van der Waals surface area contributed by atoms with Gasteiger partial charge < -0.3 is 28.7 Å². The maximum Gasteiger partial charge on any atom is 0.330 e. The van der Waals surface area contributed by atoms with Gasteiger partial charge in [-0.1, -0.05) is 76.8 Å². The van der Waals surface area contributed by atoms with Gasteiger partial charge in [0.15, 0.2) is 0 Å². The minimum atomic E-state index is -1.97. The number of carbonyl (C=O) groups is 1. The van der Waals surface area contributed by atoms with E-state index in [2.05, 4.69) is 6.92 Å². The predicted octanol–water partition coefficient (Wildman–Crippen LogP) is 5.30. The highest BCUT2D eigenvalue weighted by Gasteiger charge is 2.17. The first-order valence-electron chi connectivity index (χ1n) is 13.5. The van der Waals surface area contributed by atoms with E-state index >= 15 is 0 Å². The molecular formula is C27H49NO6P+. The first-order valence-corrected chi connectivity index (χ1v) is 14.6. The van der Waals surface area contributed by atoms with Gasteiger partial charge in [-0.3, -0.25) is 4.79 Å². The smallest absolute Gasteiger partial charge is 0.330 e. The third-order valence-electron chi connectivity index (χ3n) is 5.73. The molecule has 0 heterocycles. The molecule has 2 atom stereocenters. The molecule has 0 bridgehead atoms. The Morgan fingerprint density at radius 2 is 1.69 bits per heavy atom. The SMILES string of the molecule is CCCCCCCCCCCCOc1cccc(CCC(COP(O)OCC[NH2+]C)OC(C)=O)c1. The second-order valence-corrected chi connectivity index (χ2v) is 10.0. The molecule has 202 valence electrons. The van der Waals surface area contributed by atoms with Crippen LogP contribution in [0.1, 0.15) is 90.0 Å². The number of quaternary nitrogens is 1. The largest absolute Gasteiger partial charge is 0.494 e. The fourth-order valence-electron chi connectivity index (χ4n) is 3.74. The van der Waals surface area contributed by atoms with Gasteiger partial charge >= 0.3 is 14.6 Å². The Kier molecular flexibility index (Phi) is 20.0. The number of hydrogen-bond donors (Lipinski definition) is 2. The molecule has 8 heteroatoms. The normalized spacial score (nSPS) is 12.9. The summed E-state index contributed by atoms with van der Waals surface area (Å²) in [5.41, 5.74) is 1.11. The number of aryl methyl sites for hydroxylation is 1. The lowest BCUT2D eigenvalue weighted by Gasteiger charge is -2.18. The van der Waals surface area contributed by atoms with Crippen molar-refractivity contribution in [2.45, 2.75) is 97.0 Å². The Hall–Kier alpha value is -1.24. The molecule has 35 heavy (non-hydrogen) atoms. The van der Waals surface area contributed by atoms with Crippen LogP contribution in [-0.4, -0.2) is 50.4 Å². The Bertz CT molecular complexity index is 648. The second-order valence-electron chi connectivity index (χ2n) is 9.01. The number of benzene rings is 1. The van der Waals surface area contributed by atoms with E-state index in [1.165, 1.54) is 64.7 Å². The van der Waals surface area contributed by atoms with E-state index in [4.69, 9.17) is 18.5 Å². The molecule has 0 saturated carbocycles. The Morgan fingerprint density at radius 3 is 2.34 bits per heavy atom. The van der Waals surface area contributed by atoms with Crippen molar-refractivity contribution >= 4 is 14.6 Å². The number of rotatable bonds is 23. The van der Waals surface area contributed by atoms with Gasteiger partial charge in [0.25, 0.3) is 0 Å². The molecule has 3 N–H and O–H groups in total. The van der Waals surface area contributed by atoms with Crippen LogP contribution in [0, 0.1) is 0 Å². The topological polar surface area (TPSA) is 90.8 Å². The van der Waals surface area contributed by atoms with E-state index in [0.717, 1.165) is 30.9 Å². The minimum Gasteiger partial charge on any atom is -0.494 e. The quantitative estimate of drug-likeness (QED) is 0.117. The first kappa shape index (κ1) is 31.8. The second kappa shape index (κ2) is 22.0. The van der Waals surface area contributed by atoms with Crippen molar-refractivity contribution in [3.63, 3.8) is 0 Å². The molecule has 0 radical (unpaired) electrons. The summed E-state index contributed by atoms with van der Waals surface area (Å²) in [6.07, 6.45) is 14.0. The van der Waals surface area contributed by atoms with Crippen molar-refractivity contribution in [1.82, 2.24) is 0 Å². The number of hydrogen-bond acceptors (Lipinski definition) is 6. The van der Waals surface area contributed by atoms with Gasteiger partial charge in [-0.15, -0.1) is 0 Å². The molecule has 1 rings (SSSR count). The van der Waals surface area contributed by atoms with Crippen LogP contribution >= 0.6 is 8.60 Å². The van der Waals surface area contributed by atoms with Crippen molar-refractivity contribution < 1.29 is 33.5 Å². The van der Waals surface area contributed by atoms with Crippen LogP contribution in [-0.2, 0) is 25.0 Å². The summed E-state index contributed by atoms with van der Waals surface area (Å²) in [7, 11) is -0.0395. The van der Waals surface area contributed by atoms with Crippen LogP contribution in [0.25, 0.3) is 0 Å². The molecule has 1 aromatic rings. The highest BCUT2D eigenvalue weighted by molar-refractivity contribution is 7.40. The Balaban J connectivity index is 2.27. The summed E-state index contributed by atoms with van der Waals surface area (Å²) >= 11 is 0. The lowest BCUT2D eigenvalue weighted by Crippen LogP contribution is -2.80. The maximum absolute atomic E-state index is 11.5. The zero-order valence-corrected chi connectivity index (χ0v) is 23.1. The van der Waals surface area contributed by atoms with Gasteiger partial charge in [-0.25, -0.2) is 0 Å². The van der Waals surface area contributed by atoms with Crippen molar-refractivity contribution in [3.8, 4) is 5.75 Å². The van der Waals surface area contributed by atoms with Gasteiger partial charge in [0.05, 0.1) is 26.8 Å². The maximum atomic E-state index is 11.5. The van der Waals surface area contributed by atoms with E-state index in [0.29, 0.717) is 19.4 Å². The molecule has 0 aliphatic heterocycles. The zero-order valence-electron chi connectivity index (χ0n) is 22.2. The molecule has 7 nitrogen and oxygen atoms in total. The van der Waals surface area contributed by atoms with Crippen molar-refractivity contribution in [1.29, 1.82) is 0 Å². The number of esters is 1. The fraction of sp³-hybridized carbons (Fsp3) is 0.741. The van der Waals surface area contributed by atoms with Gasteiger partial charge in [0, 0.05) is 6.92 Å². The number of nitrogens with two attached hydrogens (primary N) is 1. The zero-order chi connectivity index (χ0) is 25.6. The van der Waals surface area contributed by atoms with E-state index in [-0.39, 0.29) is 12.6 Å². The van der Waals surface area contributed by atoms with Crippen LogP contribution in [0.3, 0.4) is 0 Å². The summed E-state index contributed by atoms with van der Waals surface area (Å²) in [5, 5.41) is 1.96. The molecule has 0 fully saturated rings. The van der Waals surface area contributed by atoms with Crippen molar-refractivity contribution in [2.75, 3.05) is 33.4 Å². The molecule has 0 aliphatic rings. The van der Waals surface area contributed by atoms with Gasteiger partial charge in [0.2, 0.25) is 0 Å². The number of likely N-dealkylation sites (N-methyl/N-ethyl adjacent to an activating group) is 1. The van der Waals surface area contributed by atoms with E-state index in [1.54, 1.807) is 0 Å². The Morgan fingerprint density at radius 1 is 1.00 bits per heavy atom. The van der Waals surface area contributed by atoms with Gasteiger partial charge in [0.1, 0.15) is 18.5 Å². The summed E-state index contributed by atoms with van der Waals surface area (Å²) in [6, 6.07) is 8.07. The fourth-order valence-corrected chi connectivity index (χ4v) is 4.37. The molecule has 0 spiro atoms.